The van der Waals surface area contributed by atoms with Gasteiger partial charge in [0.15, 0.2) is 5.12 Å². The van der Waals surface area contributed by atoms with Gasteiger partial charge < -0.3 is 15.3 Å². The van der Waals surface area contributed by atoms with Gasteiger partial charge in [-0.25, -0.2) is 0 Å². The van der Waals surface area contributed by atoms with Crippen LogP contribution in [0.1, 0.15) is 12.8 Å². The van der Waals surface area contributed by atoms with E-state index in [4.69, 9.17) is 10.2 Å². The van der Waals surface area contributed by atoms with Crippen molar-refractivity contribution in [3.8, 4) is 0 Å². The van der Waals surface area contributed by atoms with Crippen LogP contribution in [0.5, 0.6) is 0 Å². The van der Waals surface area contributed by atoms with Crippen LogP contribution in [0, 0.1) is 0 Å². The Labute approximate surface area is 74.6 Å². The van der Waals surface area contributed by atoms with Crippen molar-refractivity contribution < 1.29 is 20.1 Å². The molecule has 3 atom stereocenters. The lowest BCUT2D eigenvalue weighted by atomic mass is 10.1. The summed E-state index contributed by atoms with van der Waals surface area (Å²) in [6.07, 6.45) is -1.09. The van der Waals surface area contributed by atoms with Gasteiger partial charge in [0.05, 0.1) is 12.7 Å². The molecule has 0 aromatic heterocycles. The highest BCUT2D eigenvalue weighted by Crippen LogP contribution is 2.31. The van der Waals surface area contributed by atoms with Crippen molar-refractivity contribution in [1.29, 1.82) is 0 Å². The van der Waals surface area contributed by atoms with E-state index >= 15 is 0 Å². The van der Waals surface area contributed by atoms with Crippen LogP contribution in [0.25, 0.3) is 0 Å². The highest BCUT2D eigenvalue weighted by molar-refractivity contribution is 8.14. The molecule has 1 heterocycles. The molecule has 3 unspecified atom stereocenters. The number of aliphatic hydroxyl groups is 3. The molecule has 0 amide bonds. The third kappa shape index (κ3) is 2.20. The first-order valence-electron chi connectivity index (χ1n) is 3.81. The number of carbonyl (C=O) groups is 1. The van der Waals surface area contributed by atoms with E-state index in [2.05, 4.69) is 0 Å². The predicted octanol–water partition coefficient (Wildman–Crippen LogP) is -0.877. The standard InChI is InChI=1S/C7H12O4S/c8-3-4(9)7(11)5-1-2-6(10)12-5/h4-5,7-9,11H,1-3H2. The Morgan fingerprint density at radius 3 is 2.67 bits per heavy atom. The van der Waals surface area contributed by atoms with Crippen molar-refractivity contribution in [3.05, 3.63) is 0 Å². The molecule has 0 saturated carbocycles. The Balaban J connectivity index is 2.42. The first kappa shape index (κ1) is 9.98. The van der Waals surface area contributed by atoms with Crippen LogP contribution in [0.3, 0.4) is 0 Å². The maximum absolute atomic E-state index is 10.8. The van der Waals surface area contributed by atoms with Crippen LogP contribution < -0.4 is 0 Å². The molecular weight excluding hydrogens is 180 g/mol. The topological polar surface area (TPSA) is 77.8 Å². The molecule has 1 saturated heterocycles. The summed E-state index contributed by atoms with van der Waals surface area (Å²) in [6, 6.07) is 0. The summed E-state index contributed by atoms with van der Waals surface area (Å²) in [7, 11) is 0. The lowest BCUT2D eigenvalue weighted by molar-refractivity contribution is -0.110. The van der Waals surface area contributed by atoms with E-state index in [-0.39, 0.29) is 10.4 Å². The molecule has 1 rings (SSSR count). The number of thioether (sulfide) groups is 1. The Bertz CT molecular complexity index is 173. The average molecular weight is 192 g/mol. The van der Waals surface area contributed by atoms with Gasteiger partial charge in [0.1, 0.15) is 6.10 Å². The van der Waals surface area contributed by atoms with Gasteiger partial charge in [-0.15, -0.1) is 0 Å². The van der Waals surface area contributed by atoms with Crippen LogP contribution in [0.4, 0.5) is 0 Å². The Morgan fingerprint density at radius 2 is 2.25 bits per heavy atom. The van der Waals surface area contributed by atoms with E-state index in [0.717, 1.165) is 11.8 Å². The van der Waals surface area contributed by atoms with Crippen molar-refractivity contribution in [2.45, 2.75) is 30.3 Å². The maximum atomic E-state index is 10.8. The molecule has 0 spiro atoms. The van der Waals surface area contributed by atoms with Gasteiger partial charge in [-0.1, -0.05) is 11.8 Å². The third-order valence-corrected chi connectivity index (χ3v) is 3.16. The monoisotopic (exact) mass is 192 g/mol. The molecule has 12 heavy (non-hydrogen) atoms. The fourth-order valence-corrected chi connectivity index (χ4v) is 2.27. The lowest BCUT2D eigenvalue weighted by Gasteiger charge is -2.19. The summed E-state index contributed by atoms with van der Waals surface area (Å²) in [6.45, 7) is -0.466. The highest BCUT2D eigenvalue weighted by atomic mass is 32.2. The third-order valence-electron chi connectivity index (χ3n) is 1.88. The van der Waals surface area contributed by atoms with Crippen molar-refractivity contribution in [2.24, 2.45) is 0 Å². The normalized spacial score (nSPS) is 28.9. The van der Waals surface area contributed by atoms with Crippen LogP contribution in [0.15, 0.2) is 0 Å². The molecule has 0 aromatic carbocycles. The second kappa shape index (κ2) is 4.23. The van der Waals surface area contributed by atoms with Gasteiger partial charge in [-0.3, -0.25) is 4.79 Å². The molecule has 5 heteroatoms. The van der Waals surface area contributed by atoms with E-state index in [0.29, 0.717) is 12.8 Å². The minimum atomic E-state index is -1.13. The van der Waals surface area contributed by atoms with E-state index in [9.17, 15) is 9.90 Å². The highest BCUT2D eigenvalue weighted by Gasteiger charge is 2.32. The molecular formula is C7H12O4S. The second-order valence-corrected chi connectivity index (χ2v) is 4.10. The molecule has 70 valence electrons. The minimum absolute atomic E-state index is 0.0455. The van der Waals surface area contributed by atoms with E-state index < -0.39 is 18.8 Å². The Kier molecular flexibility index (Phi) is 3.52. The summed E-state index contributed by atoms with van der Waals surface area (Å²) >= 11 is 1.06. The van der Waals surface area contributed by atoms with E-state index in [1.54, 1.807) is 0 Å². The number of carbonyl (C=O) groups excluding carboxylic acids is 1. The molecule has 0 aromatic rings. The molecule has 4 nitrogen and oxygen atoms in total. The molecule has 1 aliphatic heterocycles. The van der Waals surface area contributed by atoms with Crippen LogP contribution in [-0.4, -0.2) is 44.5 Å². The largest absolute Gasteiger partial charge is 0.394 e. The molecule has 1 aliphatic rings. The zero-order valence-electron chi connectivity index (χ0n) is 6.51. The number of hydrogen-bond acceptors (Lipinski definition) is 5. The zero-order valence-corrected chi connectivity index (χ0v) is 7.33. The molecule has 0 radical (unpaired) electrons. The first-order valence-corrected chi connectivity index (χ1v) is 4.69. The minimum Gasteiger partial charge on any atom is -0.394 e. The van der Waals surface area contributed by atoms with Crippen molar-refractivity contribution in [2.75, 3.05) is 6.61 Å². The van der Waals surface area contributed by atoms with E-state index in [1.807, 2.05) is 0 Å². The zero-order chi connectivity index (χ0) is 9.14. The van der Waals surface area contributed by atoms with Crippen LogP contribution in [0.2, 0.25) is 0 Å². The molecule has 1 fully saturated rings. The molecule has 0 bridgehead atoms. The fraction of sp³-hybridized carbons (Fsp3) is 0.857. The number of hydrogen-bond donors (Lipinski definition) is 3. The van der Waals surface area contributed by atoms with E-state index in [1.165, 1.54) is 0 Å². The van der Waals surface area contributed by atoms with Crippen molar-refractivity contribution in [1.82, 2.24) is 0 Å². The Hall–Kier alpha value is -0.100. The quantitative estimate of drug-likeness (QED) is 0.541. The number of rotatable bonds is 3. The van der Waals surface area contributed by atoms with Crippen molar-refractivity contribution in [3.63, 3.8) is 0 Å². The summed E-state index contributed by atoms with van der Waals surface area (Å²) in [5, 5.41) is 26.7. The average Bonchev–Trinajstić information content (AvgIpc) is 2.49. The summed E-state index contributed by atoms with van der Waals surface area (Å²) in [5.41, 5.74) is 0. The summed E-state index contributed by atoms with van der Waals surface area (Å²) in [4.78, 5) is 10.8. The first-order chi connectivity index (χ1) is 5.65. The molecule has 3 N–H and O–H groups in total. The maximum Gasteiger partial charge on any atom is 0.189 e. The smallest absolute Gasteiger partial charge is 0.189 e. The summed E-state index contributed by atoms with van der Waals surface area (Å²) < 4.78 is 0. The van der Waals surface area contributed by atoms with Gasteiger partial charge in [-0.2, -0.15) is 0 Å². The van der Waals surface area contributed by atoms with Gasteiger partial charge in [0.2, 0.25) is 0 Å². The SMILES string of the molecule is O=C1CCC(C(O)C(O)CO)S1. The Morgan fingerprint density at radius 1 is 1.58 bits per heavy atom. The summed E-state index contributed by atoms with van der Waals surface area (Å²) in [5.74, 6) is 0. The fourth-order valence-electron chi connectivity index (χ4n) is 1.14. The van der Waals surface area contributed by atoms with Gasteiger partial charge in [0.25, 0.3) is 0 Å². The number of aliphatic hydroxyl groups excluding tert-OH is 3. The van der Waals surface area contributed by atoms with Crippen LogP contribution >= 0.6 is 11.8 Å². The lowest BCUT2D eigenvalue weighted by Crippen LogP contribution is -2.36. The van der Waals surface area contributed by atoms with Crippen LogP contribution in [-0.2, 0) is 4.79 Å². The van der Waals surface area contributed by atoms with Gasteiger partial charge in [-0.05, 0) is 6.42 Å². The second-order valence-electron chi connectivity index (χ2n) is 2.81. The van der Waals surface area contributed by atoms with Gasteiger partial charge >= 0.3 is 0 Å². The van der Waals surface area contributed by atoms with Crippen molar-refractivity contribution >= 4 is 16.9 Å². The predicted molar refractivity (Wildman–Crippen MR) is 44.7 cm³/mol. The van der Waals surface area contributed by atoms with Gasteiger partial charge in [0, 0.05) is 11.7 Å². The molecule has 0 aliphatic carbocycles.